The fourth-order valence-electron chi connectivity index (χ4n) is 6.35. The van der Waals surface area contributed by atoms with E-state index in [-0.39, 0.29) is 32.6 Å². The van der Waals surface area contributed by atoms with Gasteiger partial charge in [-0.1, -0.05) is 6.07 Å². The molecule has 44 heavy (non-hydrogen) atoms. The zero-order valence-electron chi connectivity index (χ0n) is 24.3. The minimum absolute atomic E-state index is 0.0120. The molecule has 2 aliphatic rings. The zero-order valence-corrected chi connectivity index (χ0v) is 26.4. The van der Waals surface area contributed by atoms with Crippen molar-refractivity contribution >= 4 is 32.0 Å². The van der Waals surface area contributed by atoms with E-state index in [1.165, 1.54) is 19.1 Å². The van der Waals surface area contributed by atoms with Crippen molar-refractivity contribution in [1.29, 1.82) is 0 Å². The number of aromatic nitrogens is 1. The van der Waals surface area contributed by atoms with Crippen LogP contribution in [0.15, 0.2) is 66.9 Å². The molecule has 1 aliphatic carbocycles. The van der Waals surface area contributed by atoms with Crippen LogP contribution in [0.25, 0.3) is 11.1 Å². The Bertz CT molecular complexity index is 1530. The summed E-state index contributed by atoms with van der Waals surface area (Å²) in [5.41, 5.74) is 0.833. The molecule has 1 saturated carbocycles. The SMILES string of the molecule is CC(=O)c1cccc(-c2ccc(C3(O)CCC([C@]4([AsH]C(=O)CNC(=O)c5cccc(C(F)(F)F)c5)CCNC4)CC3)nc2)c1. The van der Waals surface area contributed by atoms with E-state index in [1.54, 1.807) is 12.3 Å². The first-order chi connectivity index (χ1) is 20.9. The number of benzene rings is 2. The normalized spacial score (nSPS) is 24.0. The Balaban J connectivity index is 1.19. The van der Waals surface area contributed by atoms with E-state index in [0.29, 0.717) is 30.6 Å². The fourth-order valence-corrected chi connectivity index (χ4v) is 9.89. The fraction of sp³-hybridized carbons (Fsp3) is 0.394. The van der Waals surface area contributed by atoms with Gasteiger partial charge in [-0.25, -0.2) is 0 Å². The maximum absolute atomic E-state index is 13.1. The molecule has 2 aromatic carbocycles. The first kappa shape index (κ1) is 32.1. The van der Waals surface area contributed by atoms with E-state index < -0.39 is 39.0 Å². The van der Waals surface area contributed by atoms with Crippen molar-refractivity contribution in [3.05, 3.63) is 89.2 Å². The first-order valence-corrected chi connectivity index (χ1v) is 16.8. The number of nitrogens with zero attached hydrogens (tertiary/aromatic N) is 1. The number of hydrogen-bond donors (Lipinski definition) is 3. The molecule has 2 atom stereocenters. The summed E-state index contributed by atoms with van der Waals surface area (Å²) in [6.45, 7) is 2.81. The number of pyridine rings is 1. The van der Waals surface area contributed by atoms with Crippen molar-refractivity contribution in [3.8, 4) is 11.1 Å². The van der Waals surface area contributed by atoms with Gasteiger partial charge in [-0.3, -0.25) is 4.79 Å². The first-order valence-electron chi connectivity index (χ1n) is 14.7. The average molecular weight is 670 g/mol. The van der Waals surface area contributed by atoms with Crippen LogP contribution in [0.1, 0.15) is 71.0 Å². The van der Waals surface area contributed by atoms with Crippen molar-refractivity contribution in [2.45, 2.75) is 55.0 Å². The van der Waals surface area contributed by atoms with Gasteiger partial charge in [0.1, 0.15) is 0 Å². The molecule has 1 amide bonds. The van der Waals surface area contributed by atoms with Crippen LogP contribution in [0.5, 0.6) is 0 Å². The number of hydrogen-bond acceptors (Lipinski definition) is 6. The molecule has 1 aliphatic heterocycles. The molecule has 11 heteroatoms. The van der Waals surface area contributed by atoms with Gasteiger partial charge in [-0.2, -0.15) is 0 Å². The molecule has 2 fully saturated rings. The van der Waals surface area contributed by atoms with Crippen LogP contribution in [0.3, 0.4) is 0 Å². The molecule has 1 aromatic heterocycles. The molecule has 3 aromatic rings. The second-order valence-electron chi connectivity index (χ2n) is 11.8. The number of amides is 1. The van der Waals surface area contributed by atoms with E-state index in [4.69, 9.17) is 0 Å². The average Bonchev–Trinajstić information content (AvgIpc) is 3.49. The number of alkyl halides is 3. The van der Waals surface area contributed by atoms with Crippen LogP contribution >= 0.6 is 0 Å². The molecule has 2 heterocycles. The molecule has 0 spiro atoms. The molecule has 1 unspecified atom stereocenters. The summed E-state index contributed by atoms with van der Waals surface area (Å²) < 4.78 is 38.9. The van der Waals surface area contributed by atoms with E-state index in [2.05, 4.69) is 15.6 Å². The minimum atomic E-state index is -4.56. The number of carbonyl (C=O) groups is 3. The van der Waals surface area contributed by atoms with Crippen LogP contribution in [-0.4, -0.2) is 61.7 Å². The molecule has 7 nitrogen and oxygen atoms in total. The Morgan fingerprint density at radius 2 is 1.73 bits per heavy atom. The van der Waals surface area contributed by atoms with Gasteiger partial charge in [0, 0.05) is 0 Å². The van der Waals surface area contributed by atoms with Crippen LogP contribution in [0, 0.1) is 5.92 Å². The van der Waals surface area contributed by atoms with E-state index in [0.717, 1.165) is 49.1 Å². The van der Waals surface area contributed by atoms with Gasteiger partial charge in [0.2, 0.25) is 0 Å². The van der Waals surface area contributed by atoms with E-state index in [9.17, 15) is 32.7 Å². The van der Waals surface area contributed by atoms with Gasteiger partial charge in [0.15, 0.2) is 5.78 Å². The number of carbonyl (C=O) groups excluding carboxylic acids is 3. The van der Waals surface area contributed by atoms with Crippen LogP contribution in [0.2, 0.25) is 4.20 Å². The Morgan fingerprint density at radius 1 is 1.00 bits per heavy atom. The molecule has 3 N–H and O–H groups in total. The number of ketones is 1. The van der Waals surface area contributed by atoms with Gasteiger partial charge < -0.3 is 0 Å². The third-order valence-corrected chi connectivity index (χ3v) is 12.6. The molecule has 5 rings (SSSR count). The predicted octanol–water partition coefficient (Wildman–Crippen LogP) is 4.89. The Morgan fingerprint density at radius 3 is 2.36 bits per heavy atom. The number of Topliss-reactive ketones (excluding diaryl/α,β-unsaturated/α-hetero) is 1. The van der Waals surface area contributed by atoms with E-state index >= 15 is 0 Å². The summed E-state index contributed by atoms with van der Waals surface area (Å²) in [6.07, 6.45) is 0.493. The second kappa shape index (κ2) is 13.0. The predicted molar refractivity (Wildman–Crippen MR) is 162 cm³/mol. The van der Waals surface area contributed by atoms with Gasteiger partial charge in [-0.15, -0.1) is 0 Å². The Labute approximate surface area is 260 Å². The number of nitrogens with one attached hydrogen (secondary N) is 2. The topological polar surface area (TPSA) is 108 Å². The summed E-state index contributed by atoms with van der Waals surface area (Å²) in [7, 11) is 0. The molecular formula is C33H35AsF3N3O4. The molecular weight excluding hydrogens is 634 g/mol. The molecule has 0 bridgehead atoms. The Kier molecular flexibility index (Phi) is 9.44. The van der Waals surface area contributed by atoms with E-state index in [1.807, 2.05) is 30.3 Å². The maximum atomic E-state index is 13.1. The van der Waals surface area contributed by atoms with Crippen molar-refractivity contribution in [3.63, 3.8) is 0 Å². The second-order valence-corrected chi connectivity index (χ2v) is 15.6. The summed E-state index contributed by atoms with van der Waals surface area (Å²) in [6, 6.07) is 15.3. The molecule has 0 radical (unpaired) electrons. The standard InChI is InChI=1S/C33H35AsF3N3O4/c1-21(41)22-4-2-5-23(16-22)25-8-9-28(39-18-25)32(44)12-10-26(11-13-32)31(14-15-38-20-31)34-29(42)19-40-30(43)24-6-3-7-27(17-24)33(35,36)37/h2-9,16-18,26,34,38,44H,10-15,19-20H2,1H3,(H,40,43)/t26?,31-,32?/m0/s1. The summed E-state index contributed by atoms with van der Waals surface area (Å²) in [5, 5.41) is 17.5. The van der Waals surface area contributed by atoms with Crippen LogP contribution in [-0.2, 0) is 16.6 Å². The number of halogens is 3. The monoisotopic (exact) mass is 669 g/mol. The van der Waals surface area contributed by atoms with Crippen molar-refractivity contribution in [2.24, 2.45) is 5.92 Å². The van der Waals surface area contributed by atoms with Crippen LogP contribution < -0.4 is 10.6 Å². The van der Waals surface area contributed by atoms with Crippen LogP contribution in [0.4, 0.5) is 13.2 Å². The van der Waals surface area contributed by atoms with Gasteiger partial charge >= 0.3 is 238 Å². The van der Waals surface area contributed by atoms with Gasteiger partial charge in [-0.05, 0) is 6.92 Å². The number of aliphatic hydroxyl groups is 1. The van der Waals surface area contributed by atoms with Crippen molar-refractivity contribution in [1.82, 2.24) is 15.6 Å². The summed E-state index contributed by atoms with van der Waals surface area (Å²) in [4.78, 5) is 42.0. The summed E-state index contributed by atoms with van der Waals surface area (Å²) >= 11 is -1.19. The molecule has 1 saturated heterocycles. The summed E-state index contributed by atoms with van der Waals surface area (Å²) in [5.74, 6) is -0.487. The third-order valence-electron chi connectivity index (χ3n) is 8.88. The van der Waals surface area contributed by atoms with Crippen molar-refractivity contribution in [2.75, 3.05) is 19.6 Å². The van der Waals surface area contributed by atoms with Gasteiger partial charge in [0.25, 0.3) is 0 Å². The van der Waals surface area contributed by atoms with Crippen molar-refractivity contribution < 1.29 is 32.7 Å². The number of rotatable bonds is 9. The zero-order chi connectivity index (χ0) is 31.5. The molecule has 232 valence electrons. The third kappa shape index (κ3) is 7.14. The quantitative estimate of drug-likeness (QED) is 0.221. The van der Waals surface area contributed by atoms with Gasteiger partial charge in [0.05, 0.1) is 0 Å². The Hall–Kier alpha value is -3.33.